The lowest BCUT2D eigenvalue weighted by molar-refractivity contribution is 0.469. The van der Waals surface area contributed by atoms with Gasteiger partial charge in [-0.15, -0.1) is 0 Å². The minimum Gasteiger partial charge on any atom is -0.305 e. The summed E-state index contributed by atoms with van der Waals surface area (Å²) in [7, 11) is 0. The SMILES string of the molecule is Fc1ccc(F)c(CNC(c2ccc(Cl)cc2)C2CC2)c1. The predicted molar refractivity (Wildman–Crippen MR) is 80.1 cm³/mol. The van der Waals surface area contributed by atoms with E-state index in [-0.39, 0.29) is 11.9 Å². The number of benzene rings is 2. The van der Waals surface area contributed by atoms with Gasteiger partial charge in [0.05, 0.1) is 0 Å². The van der Waals surface area contributed by atoms with Crippen molar-refractivity contribution in [3.8, 4) is 0 Å². The lowest BCUT2D eigenvalue weighted by atomic mass is 10.0. The molecule has 0 saturated heterocycles. The van der Waals surface area contributed by atoms with Gasteiger partial charge < -0.3 is 5.32 Å². The van der Waals surface area contributed by atoms with Crippen molar-refractivity contribution in [2.75, 3.05) is 0 Å². The molecule has 1 saturated carbocycles. The fraction of sp³-hybridized carbons (Fsp3) is 0.294. The van der Waals surface area contributed by atoms with Gasteiger partial charge in [-0.1, -0.05) is 23.7 Å². The van der Waals surface area contributed by atoms with Crippen LogP contribution in [0.1, 0.15) is 30.0 Å². The fourth-order valence-corrected chi connectivity index (χ4v) is 2.68. The van der Waals surface area contributed by atoms with Crippen molar-refractivity contribution in [2.45, 2.75) is 25.4 Å². The van der Waals surface area contributed by atoms with E-state index in [4.69, 9.17) is 11.6 Å². The van der Waals surface area contributed by atoms with E-state index in [0.29, 0.717) is 23.0 Å². The van der Waals surface area contributed by atoms with Gasteiger partial charge in [0.15, 0.2) is 0 Å². The Bertz CT molecular complexity index is 623. The van der Waals surface area contributed by atoms with Gasteiger partial charge in [0.2, 0.25) is 0 Å². The predicted octanol–water partition coefficient (Wildman–Crippen LogP) is 4.86. The number of hydrogen-bond donors (Lipinski definition) is 1. The minimum atomic E-state index is -0.414. The van der Waals surface area contributed by atoms with Crippen LogP contribution >= 0.6 is 11.6 Å². The quantitative estimate of drug-likeness (QED) is 0.832. The summed E-state index contributed by atoms with van der Waals surface area (Å²) in [5.74, 6) is -0.236. The smallest absolute Gasteiger partial charge is 0.127 e. The highest BCUT2D eigenvalue weighted by Gasteiger charge is 2.32. The van der Waals surface area contributed by atoms with Crippen LogP contribution in [0.15, 0.2) is 42.5 Å². The first-order chi connectivity index (χ1) is 10.1. The molecule has 1 fully saturated rings. The highest BCUT2D eigenvalue weighted by atomic mass is 35.5. The van der Waals surface area contributed by atoms with Gasteiger partial charge in [-0.2, -0.15) is 0 Å². The molecule has 1 aliphatic carbocycles. The van der Waals surface area contributed by atoms with Crippen molar-refractivity contribution in [3.05, 3.63) is 70.2 Å². The first kappa shape index (κ1) is 14.5. The number of nitrogens with one attached hydrogen (secondary N) is 1. The Morgan fingerprint density at radius 1 is 1.10 bits per heavy atom. The van der Waals surface area contributed by atoms with Crippen LogP contribution in [0.2, 0.25) is 5.02 Å². The molecule has 1 aliphatic rings. The molecule has 0 bridgehead atoms. The summed E-state index contributed by atoms with van der Waals surface area (Å²) in [6.07, 6.45) is 2.32. The highest BCUT2D eigenvalue weighted by Crippen LogP contribution is 2.41. The summed E-state index contributed by atoms with van der Waals surface area (Å²) in [4.78, 5) is 0. The van der Waals surface area contributed by atoms with Crippen molar-refractivity contribution in [1.82, 2.24) is 5.32 Å². The molecule has 2 aromatic rings. The number of halogens is 3. The molecule has 1 nitrogen and oxygen atoms in total. The van der Waals surface area contributed by atoms with Crippen molar-refractivity contribution >= 4 is 11.6 Å². The molecule has 0 aliphatic heterocycles. The van der Waals surface area contributed by atoms with Crippen molar-refractivity contribution in [2.24, 2.45) is 5.92 Å². The van der Waals surface area contributed by atoms with Crippen LogP contribution in [0.3, 0.4) is 0 Å². The van der Waals surface area contributed by atoms with Crippen molar-refractivity contribution in [3.63, 3.8) is 0 Å². The van der Waals surface area contributed by atoms with Gasteiger partial charge in [-0.05, 0) is 54.7 Å². The maximum Gasteiger partial charge on any atom is 0.127 e. The van der Waals surface area contributed by atoms with Gasteiger partial charge in [-0.25, -0.2) is 8.78 Å². The first-order valence-corrected chi connectivity index (χ1v) is 7.44. The third-order valence-electron chi connectivity index (χ3n) is 3.84. The summed E-state index contributed by atoms with van der Waals surface area (Å²) in [6.45, 7) is 0.313. The molecule has 4 heteroatoms. The molecule has 1 atom stereocenters. The Labute approximate surface area is 127 Å². The average Bonchev–Trinajstić information content (AvgIpc) is 3.29. The Balaban J connectivity index is 1.74. The summed E-state index contributed by atoms with van der Waals surface area (Å²) < 4.78 is 26.9. The molecule has 0 spiro atoms. The Kier molecular flexibility index (Phi) is 4.22. The minimum absolute atomic E-state index is 0.157. The van der Waals surface area contributed by atoms with E-state index in [1.807, 2.05) is 24.3 Å². The van der Waals surface area contributed by atoms with Crippen LogP contribution in [-0.2, 0) is 6.54 Å². The monoisotopic (exact) mass is 307 g/mol. The zero-order valence-corrected chi connectivity index (χ0v) is 12.2. The molecule has 110 valence electrons. The first-order valence-electron chi connectivity index (χ1n) is 7.06. The molecular formula is C17H16ClF2N. The summed E-state index contributed by atoms with van der Waals surface area (Å²) >= 11 is 5.91. The summed E-state index contributed by atoms with van der Waals surface area (Å²) in [6, 6.07) is 11.4. The van der Waals surface area contributed by atoms with E-state index >= 15 is 0 Å². The standard InChI is InChI=1S/C17H16ClF2N/c18-14-5-3-12(4-6-14)17(11-1-2-11)21-10-13-9-15(19)7-8-16(13)20/h3-9,11,17,21H,1-2,10H2. The number of rotatable bonds is 5. The molecule has 1 unspecified atom stereocenters. The van der Waals surface area contributed by atoms with E-state index < -0.39 is 5.82 Å². The van der Waals surface area contributed by atoms with Crippen LogP contribution in [0, 0.1) is 17.6 Å². The number of hydrogen-bond acceptors (Lipinski definition) is 1. The molecule has 1 N–H and O–H groups in total. The normalized spacial score (nSPS) is 16.0. The van der Waals surface area contributed by atoms with E-state index in [9.17, 15) is 8.78 Å². The summed E-state index contributed by atoms with van der Waals surface area (Å²) in [5, 5.41) is 4.05. The van der Waals surface area contributed by atoms with Gasteiger partial charge in [-0.3, -0.25) is 0 Å². The largest absolute Gasteiger partial charge is 0.305 e. The highest BCUT2D eigenvalue weighted by molar-refractivity contribution is 6.30. The molecule has 0 amide bonds. The molecule has 0 aromatic heterocycles. The van der Waals surface area contributed by atoms with Crippen LogP contribution in [0.5, 0.6) is 0 Å². The van der Waals surface area contributed by atoms with Gasteiger partial charge in [0.1, 0.15) is 11.6 Å². The zero-order chi connectivity index (χ0) is 14.8. The zero-order valence-electron chi connectivity index (χ0n) is 11.5. The van der Waals surface area contributed by atoms with E-state index in [0.717, 1.165) is 24.5 Å². The lowest BCUT2D eigenvalue weighted by Gasteiger charge is -2.19. The molecular weight excluding hydrogens is 292 g/mol. The second-order valence-electron chi connectivity index (χ2n) is 5.48. The van der Waals surface area contributed by atoms with Crippen LogP contribution in [0.25, 0.3) is 0 Å². The molecule has 0 heterocycles. The Morgan fingerprint density at radius 2 is 1.81 bits per heavy atom. The van der Waals surface area contributed by atoms with Crippen LogP contribution in [0.4, 0.5) is 8.78 Å². The Morgan fingerprint density at radius 3 is 2.48 bits per heavy atom. The third-order valence-corrected chi connectivity index (χ3v) is 4.09. The van der Waals surface area contributed by atoms with Gasteiger partial charge in [0, 0.05) is 23.2 Å². The van der Waals surface area contributed by atoms with E-state index in [2.05, 4.69) is 5.32 Å². The maximum absolute atomic E-state index is 13.7. The van der Waals surface area contributed by atoms with Gasteiger partial charge >= 0.3 is 0 Å². The summed E-state index contributed by atoms with van der Waals surface area (Å²) in [5.41, 5.74) is 1.49. The van der Waals surface area contributed by atoms with Crippen molar-refractivity contribution in [1.29, 1.82) is 0 Å². The van der Waals surface area contributed by atoms with Crippen molar-refractivity contribution < 1.29 is 8.78 Å². The second-order valence-corrected chi connectivity index (χ2v) is 5.92. The Hall–Kier alpha value is -1.45. The maximum atomic E-state index is 13.7. The van der Waals surface area contributed by atoms with Gasteiger partial charge in [0.25, 0.3) is 0 Å². The fourth-order valence-electron chi connectivity index (χ4n) is 2.56. The van der Waals surface area contributed by atoms with E-state index in [1.165, 1.54) is 12.1 Å². The van der Waals surface area contributed by atoms with Crippen LogP contribution in [-0.4, -0.2) is 0 Å². The van der Waals surface area contributed by atoms with Crippen LogP contribution < -0.4 is 5.32 Å². The molecule has 2 aromatic carbocycles. The molecule has 21 heavy (non-hydrogen) atoms. The topological polar surface area (TPSA) is 12.0 Å². The lowest BCUT2D eigenvalue weighted by Crippen LogP contribution is -2.23. The molecule has 0 radical (unpaired) electrons. The second kappa shape index (κ2) is 6.12. The average molecular weight is 308 g/mol. The molecule has 3 rings (SSSR count). The third kappa shape index (κ3) is 3.60. The van der Waals surface area contributed by atoms with E-state index in [1.54, 1.807) is 0 Å².